The number of hydrogen-bond donors (Lipinski definition) is 3. The highest BCUT2D eigenvalue weighted by Gasteiger charge is 2.34. The van der Waals surface area contributed by atoms with E-state index in [1.54, 1.807) is 7.05 Å². The minimum atomic E-state index is -0.00544. The van der Waals surface area contributed by atoms with Gasteiger partial charge in [-0.25, -0.2) is 0 Å². The van der Waals surface area contributed by atoms with Crippen LogP contribution in [0.15, 0.2) is 29.3 Å². The van der Waals surface area contributed by atoms with Gasteiger partial charge in [-0.15, -0.1) is 24.0 Å². The highest BCUT2D eigenvalue weighted by atomic mass is 127. The molecular weight excluding hydrogens is 469 g/mol. The van der Waals surface area contributed by atoms with Crippen molar-refractivity contribution in [1.29, 1.82) is 0 Å². The summed E-state index contributed by atoms with van der Waals surface area (Å²) in [6.07, 6.45) is 1.70. The SMILES string of the molecule is CN=C(NCCOc1ccccc1C(C)(C)C)NCC1(CCO)CCOC1.I. The number of hydrogen-bond acceptors (Lipinski definition) is 4. The zero-order chi connectivity index (χ0) is 19.8. The summed E-state index contributed by atoms with van der Waals surface area (Å²) in [6, 6.07) is 8.19. The first kappa shape index (κ1) is 25.0. The molecule has 6 nitrogen and oxygen atoms in total. The van der Waals surface area contributed by atoms with Gasteiger partial charge < -0.3 is 25.2 Å². The number of para-hydroxylation sites is 1. The molecule has 1 heterocycles. The Morgan fingerprint density at radius 2 is 2.04 bits per heavy atom. The number of ether oxygens (including phenoxy) is 2. The van der Waals surface area contributed by atoms with E-state index >= 15 is 0 Å². The smallest absolute Gasteiger partial charge is 0.191 e. The predicted octanol–water partition coefficient (Wildman–Crippen LogP) is 2.94. The largest absolute Gasteiger partial charge is 0.491 e. The minimum absolute atomic E-state index is 0. The average molecular weight is 505 g/mol. The Labute approximate surface area is 186 Å². The molecule has 1 aliphatic rings. The first-order chi connectivity index (χ1) is 12.9. The number of nitrogens with one attached hydrogen (secondary N) is 2. The number of guanidine groups is 1. The van der Waals surface area contributed by atoms with Gasteiger partial charge in [0, 0.05) is 32.2 Å². The van der Waals surface area contributed by atoms with Crippen molar-refractivity contribution in [1.82, 2.24) is 10.6 Å². The molecule has 3 N–H and O–H groups in total. The second-order valence-corrected chi connectivity index (χ2v) is 8.22. The molecule has 0 radical (unpaired) electrons. The highest BCUT2D eigenvalue weighted by molar-refractivity contribution is 14.0. The Hall–Kier alpha value is -1.06. The summed E-state index contributed by atoms with van der Waals surface area (Å²) in [4.78, 5) is 4.28. The van der Waals surface area contributed by atoms with E-state index in [9.17, 15) is 5.11 Å². The molecule has 160 valence electrons. The normalized spacial score (nSPS) is 19.8. The van der Waals surface area contributed by atoms with Crippen LogP contribution in [0.1, 0.15) is 39.2 Å². The summed E-state index contributed by atoms with van der Waals surface area (Å²) in [5.74, 6) is 1.67. The lowest BCUT2D eigenvalue weighted by Gasteiger charge is -2.27. The van der Waals surface area contributed by atoms with Crippen LogP contribution in [-0.4, -0.2) is 57.6 Å². The molecule has 0 aliphatic carbocycles. The number of aliphatic imine (C=N–C) groups is 1. The number of aliphatic hydroxyl groups excluding tert-OH is 1. The van der Waals surface area contributed by atoms with Crippen LogP contribution in [0.25, 0.3) is 0 Å². The molecule has 7 heteroatoms. The van der Waals surface area contributed by atoms with Crippen LogP contribution >= 0.6 is 24.0 Å². The van der Waals surface area contributed by atoms with Crippen molar-refractivity contribution < 1.29 is 14.6 Å². The molecule has 1 aliphatic heterocycles. The van der Waals surface area contributed by atoms with Crippen molar-refractivity contribution in [2.45, 2.75) is 39.0 Å². The van der Waals surface area contributed by atoms with E-state index in [-0.39, 0.29) is 41.4 Å². The van der Waals surface area contributed by atoms with Gasteiger partial charge in [-0.2, -0.15) is 0 Å². The zero-order valence-electron chi connectivity index (χ0n) is 17.6. The molecule has 2 rings (SSSR count). The van der Waals surface area contributed by atoms with Crippen LogP contribution in [-0.2, 0) is 10.2 Å². The fraction of sp³-hybridized carbons (Fsp3) is 0.667. The van der Waals surface area contributed by atoms with Gasteiger partial charge in [0.2, 0.25) is 0 Å². The Balaban J connectivity index is 0.00000392. The molecule has 1 aromatic carbocycles. The van der Waals surface area contributed by atoms with Gasteiger partial charge in [-0.1, -0.05) is 39.0 Å². The lowest BCUT2D eigenvalue weighted by molar-refractivity contribution is 0.127. The summed E-state index contributed by atoms with van der Waals surface area (Å²) >= 11 is 0. The average Bonchev–Trinajstić information content (AvgIpc) is 3.10. The van der Waals surface area contributed by atoms with Gasteiger partial charge in [0.15, 0.2) is 5.96 Å². The molecule has 1 saturated heterocycles. The van der Waals surface area contributed by atoms with E-state index in [1.807, 2.05) is 18.2 Å². The Morgan fingerprint density at radius 3 is 2.64 bits per heavy atom. The van der Waals surface area contributed by atoms with Crippen LogP contribution < -0.4 is 15.4 Å². The van der Waals surface area contributed by atoms with Gasteiger partial charge in [0.25, 0.3) is 0 Å². The Kier molecular flexibility index (Phi) is 10.5. The maximum Gasteiger partial charge on any atom is 0.191 e. The van der Waals surface area contributed by atoms with Crippen LogP contribution in [0.4, 0.5) is 0 Å². The summed E-state index contributed by atoms with van der Waals surface area (Å²) in [5, 5.41) is 16.0. The summed E-state index contributed by atoms with van der Waals surface area (Å²) in [5.41, 5.74) is 1.25. The van der Waals surface area contributed by atoms with E-state index in [1.165, 1.54) is 5.56 Å². The van der Waals surface area contributed by atoms with Crippen molar-refractivity contribution in [2.75, 3.05) is 46.6 Å². The lowest BCUT2D eigenvalue weighted by Crippen LogP contribution is -2.45. The van der Waals surface area contributed by atoms with E-state index in [0.29, 0.717) is 19.8 Å². The monoisotopic (exact) mass is 505 g/mol. The molecule has 1 aromatic rings. The van der Waals surface area contributed by atoms with Gasteiger partial charge in [0.1, 0.15) is 12.4 Å². The summed E-state index contributed by atoms with van der Waals surface area (Å²) in [7, 11) is 1.76. The predicted molar refractivity (Wildman–Crippen MR) is 125 cm³/mol. The van der Waals surface area contributed by atoms with Crippen LogP contribution in [0.5, 0.6) is 5.75 Å². The Morgan fingerprint density at radius 1 is 1.29 bits per heavy atom. The molecule has 28 heavy (non-hydrogen) atoms. The van der Waals surface area contributed by atoms with Gasteiger partial charge in [-0.05, 0) is 29.9 Å². The second-order valence-electron chi connectivity index (χ2n) is 8.22. The van der Waals surface area contributed by atoms with Crippen molar-refractivity contribution in [3.63, 3.8) is 0 Å². The van der Waals surface area contributed by atoms with E-state index in [4.69, 9.17) is 9.47 Å². The number of aliphatic hydroxyl groups is 1. The molecular formula is C21H36IN3O3. The van der Waals surface area contributed by atoms with Crippen molar-refractivity contribution in [3.05, 3.63) is 29.8 Å². The van der Waals surface area contributed by atoms with Gasteiger partial charge in [-0.3, -0.25) is 4.99 Å². The highest BCUT2D eigenvalue weighted by Crippen LogP contribution is 2.32. The first-order valence-corrected chi connectivity index (χ1v) is 9.76. The van der Waals surface area contributed by atoms with Crippen LogP contribution in [0, 0.1) is 5.41 Å². The fourth-order valence-corrected chi connectivity index (χ4v) is 3.35. The molecule has 0 bridgehead atoms. The Bertz CT molecular complexity index is 611. The third-order valence-corrected chi connectivity index (χ3v) is 5.03. The maximum absolute atomic E-state index is 9.33. The van der Waals surface area contributed by atoms with Crippen molar-refractivity contribution in [3.8, 4) is 5.75 Å². The first-order valence-electron chi connectivity index (χ1n) is 9.76. The van der Waals surface area contributed by atoms with Crippen molar-refractivity contribution >= 4 is 29.9 Å². The maximum atomic E-state index is 9.33. The van der Waals surface area contributed by atoms with Crippen LogP contribution in [0.3, 0.4) is 0 Å². The molecule has 0 saturated carbocycles. The molecule has 0 spiro atoms. The van der Waals surface area contributed by atoms with Gasteiger partial charge in [0.05, 0.1) is 13.2 Å². The zero-order valence-corrected chi connectivity index (χ0v) is 19.9. The lowest BCUT2D eigenvalue weighted by atomic mass is 9.84. The molecule has 1 atom stereocenters. The van der Waals surface area contributed by atoms with Crippen molar-refractivity contribution in [2.24, 2.45) is 10.4 Å². The van der Waals surface area contributed by atoms with E-state index in [2.05, 4.69) is 42.5 Å². The second kappa shape index (κ2) is 11.8. The minimum Gasteiger partial charge on any atom is -0.491 e. The van der Waals surface area contributed by atoms with Gasteiger partial charge >= 0.3 is 0 Å². The number of rotatable bonds is 8. The number of nitrogens with zero attached hydrogens (tertiary/aromatic N) is 1. The molecule has 0 amide bonds. The van der Waals surface area contributed by atoms with Crippen LogP contribution in [0.2, 0.25) is 0 Å². The summed E-state index contributed by atoms with van der Waals surface area (Å²) in [6.45, 7) is 10.1. The standard InChI is InChI=1S/C21H35N3O3.HI/c1-20(2,3)17-7-5-6-8-18(17)27-14-11-23-19(22-4)24-15-21(9-12-25)10-13-26-16-21;/h5-8,25H,9-16H2,1-4H3,(H2,22,23,24);1H. The third-order valence-electron chi connectivity index (χ3n) is 5.03. The summed E-state index contributed by atoms with van der Waals surface area (Å²) < 4.78 is 11.5. The number of benzene rings is 1. The van der Waals surface area contributed by atoms with E-state index < -0.39 is 0 Å². The molecule has 1 fully saturated rings. The topological polar surface area (TPSA) is 75.1 Å². The van der Waals surface area contributed by atoms with E-state index in [0.717, 1.165) is 37.7 Å². The third kappa shape index (κ3) is 7.40. The number of halogens is 1. The fourth-order valence-electron chi connectivity index (χ4n) is 3.35. The quantitative estimate of drug-likeness (QED) is 0.219. The molecule has 1 unspecified atom stereocenters. The molecule has 0 aromatic heterocycles.